The molecule has 0 saturated carbocycles. The van der Waals surface area contributed by atoms with Crippen molar-refractivity contribution in [2.45, 2.75) is 291 Å². The number of allylic oxidation sites excluding steroid dienone is 12. The molecular formula is C83H126O20. The maximum absolute atomic E-state index is 12.9. The highest BCUT2D eigenvalue weighted by molar-refractivity contribution is 6.28. The smallest absolute Gasteiger partial charge is 0.191 e. The van der Waals surface area contributed by atoms with Crippen LogP contribution in [0, 0.1) is 65.1 Å². The minimum absolute atomic E-state index is 0.000201. The molecule has 20 heteroatoms. The van der Waals surface area contributed by atoms with Crippen molar-refractivity contribution in [1.82, 2.24) is 0 Å². The number of rotatable bonds is 36. The normalized spacial score (nSPS) is 23.4. The predicted octanol–water partition coefficient (Wildman–Crippen LogP) is 14.6. The number of hydrogen-bond acceptors (Lipinski definition) is 20. The number of aliphatic hydroxyl groups is 8. The zero-order valence-corrected chi connectivity index (χ0v) is 66.2. The first-order valence-electron chi connectivity index (χ1n) is 37.0. The van der Waals surface area contributed by atoms with Gasteiger partial charge in [-0.3, -0.25) is 57.5 Å². The fourth-order valence-electron chi connectivity index (χ4n) is 12.4. The van der Waals surface area contributed by atoms with Gasteiger partial charge in [0.2, 0.25) is 0 Å². The summed E-state index contributed by atoms with van der Waals surface area (Å²) in [4.78, 5) is 152. The second kappa shape index (κ2) is 41.0. The van der Waals surface area contributed by atoms with Gasteiger partial charge in [0.05, 0.1) is 23.7 Å². The molecule has 9 atom stereocenters. The molecule has 0 heterocycles. The van der Waals surface area contributed by atoms with Gasteiger partial charge in [-0.2, -0.15) is 0 Å². The summed E-state index contributed by atoms with van der Waals surface area (Å²) in [5.41, 5.74) is -7.17. The van der Waals surface area contributed by atoms with Crippen LogP contribution < -0.4 is 0 Å². The number of ketones is 12. The minimum Gasteiger partial charge on any atom is -0.508 e. The van der Waals surface area contributed by atoms with Gasteiger partial charge >= 0.3 is 0 Å². The summed E-state index contributed by atoms with van der Waals surface area (Å²) in [7, 11) is 0. The molecule has 0 aromatic rings. The highest BCUT2D eigenvalue weighted by atomic mass is 16.4. The lowest BCUT2D eigenvalue weighted by Crippen LogP contribution is -2.46. The molecule has 0 aliphatic heterocycles. The van der Waals surface area contributed by atoms with Crippen molar-refractivity contribution in [3.05, 3.63) is 91.9 Å². The summed E-state index contributed by atoms with van der Waals surface area (Å²) >= 11 is 0. The molecule has 0 fully saturated rings. The third-order valence-corrected chi connectivity index (χ3v) is 19.3. The van der Waals surface area contributed by atoms with Gasteiger partial charge in [0, 0.05) is 50.9 Å². The molecule has 0 spiro atoms. The lowest BCUT2D eigenvalue weighted by Gasteiger charge is -2.28. The van der Waals surface area contributed by atoms with Crippen molar-refractivity contribution >= 4 is 69.4 Å². The molecule has 0 aromatic carbocycles. The second-order valence-corrected chi connectivity index (χ2v) is 32.0. The number of aliphatic hydroxyl groups excluding tert-OH is 4. The fraction of sp³-hybridized carbons (Fsp3) is 0.663. The quantitative estimate of drug-likeness (QED) is 0.0213. The Hall–Kier alpha value is -7.00. The monoisotopic (exact) mass is 1440 g/mol. The third kappa shape index (κ3) is 23.8. The van der Waals surface area contributed by atoms with Gasteiger partial charge in [-0.1, -0.05) is 170 Å². The van der Waals surface area contributed by atoms with Crippen molar-refractivity contribution in [3.8, 4) is 0 Å². The molecule has 20 nitrogen and oxygen atoms in total. The zero-order chi connectivity index (χ0) is 80.1. The van der Waals surface area contributed by atoms with Gasteiger partial charge in [0.1, 0.15) is 45.3 Å². The number of Topliss-reactive ketones (excluding diaryl/α,β-unsaturated/α-hetero) is 12. The molecule has 4 aliphatic rings. The maximum Gasteiger partial charge on any atom is 0.191 e. The van der Waals surface area contributed by atoms with Crippen LogP contribution in [-0.2, 0) is 57.5 Å². The molecule has 8 N–H and O–H groups in total. The third-order valence-electron chi connectivity index (χ3n) is 19.3. The van der Waals surface area contributed by atoms with Crippen LogP contribution in [0.25, 0.3) is 0 Å². The topological polar surface area (TPSA) is 367 Å². The van der Waals surface area contributed by atoms with E-state index in [1.54, 1.807) is 38.2 Å². The summed E-state index contributed by atoms with van der Waals surface area (Å²) in [6.07, 6.45) is 10.9. The number of carbonyl (C=O) groups excluding carboxylic acids is 12. The summed E-state index contributed by atoms with van der Waals surface area (Å²) in [5, 5.41) is 86.5. The highest BCUT2D eigenvalue weighted by Crippen LogP contribution is 2.47. The average Bonchev–Trinajstić information content (AvgIpc) is 1.62. The minimum atomic E-state index is -2.31. The predicted molar refractivity (Wildman–Crippen MR) is 398 cm³/mol. The van der Waals surface area contributed by atoms with E-state index in [2.05, 4.69) is 0 Å². The molecule has 5 unspecified atom stereocenters. The molecule has 0 bridgehead atoms. The lowest BCUT2D eigenvalue weighted by molar-refractivity contribution is -0.145. The van der Waals surface area contributed by atoms with Crippen LogP contribution in [0.3, 0.4) is 0 Å². The van der Waals surface area contributed by atoms with Gasteiger partial charge in [0.25, 0.3) is 0 Å². The van der Waals surface area contributed by atoms with E-state index in [9.17, 15) is 98.4 Å². The van der Waals surface area contributed by atoms with Crippen LogP contribution in [-0.4, -0.2) is 133 Å². The van der Waals surface area contributed by atoms with Crippen LogP contribution in [0.15, 0.2) is 91.9 Å². The van der Waals surface area contributed by atoms with E-state index in [0.717, 1.165) is 22.3 Å². The number of hydrogen-bond donors (Lipinski definition) is 8. The van der Waals surface area contributed by atoms with Gasteiger partial charge in [-0.25, -0.2) is 0 Å². The fourth-order valence-corrected chi connectivity index (χ4v) is 12.4. The molecule has 4 aliphatic carbocycles. The van der Waals surface area contributed by atoms with E-state index in [1.165, 1.54) is 0 Å². The summed E-state index contributed by atoms with van der Waals surface area (Å²) < 4.78 is 0. The first kappa shape index (κ1) is 94.0. The molecule has 0 radical (unpaired) electrons. The van der Waals surface area contributed by atoms with E-state index in [-0.39, 0.29) is 123 Å². The number of carbonyl (C=O) groups is 12. The average molecular weight is 1440 g/mol. The molecule has 0 amide bonds. The Labute approximate surface area is 612 Å². The van der Waals surface area contributed by atoms with E-state index >= 15 is 0 Å². The Bertz CT molecular complexity index is 3400. The van der Waals surface area contributed by atoms with Crippen LogP contribution in [0.5, 0.6) is 0 Å². The Morgan fingerprint density at radius 3 is 0.942 bits per heavy atom. The highest BCUT2D eigenvalue weighted by Gasteiger charge is 2.62. The van der Waals surface area contributed by atoms with Crippen molar-refractivity contribution < 1.29 is 98.4 Å². The Morgan fingerprint density at radius 2 is 0.641 bits per heavy atom. The molecule has 578 valence electrons. The van der Waals surface area contributed by atoms with E-state index in [1.807, 2.05) is 145 Å². The van der Waals surface area contributed by atoms with Gasteiger partial charge in [0.15, 0.2) is 91.8 Å². The van der Waals surface area contributed by atoms with Crippen LogP contribution in [0.4, 0.5) is 0 Å². The van der Waals surface area contributed by atoms with Crippen LogP contribution in [0.2, 0.25) is 0 Å². The van der Waals surface area contributed by atoms with E-state index in [0.29, 0.717) is 38.5 Å². The Morgan fingerprint density at radius 1 is 0.359 bits per heavy atom. The van der Waals surface area contributed by atoms with Gasteiger partial charge in [-0.15, -0.1) is 0 Å². The van der Waals surface area contributed by atoms with E-state index in [4.69, 9.17) is 0 Å². The molecule has 0 aromatic heterocycles. The van der Waals surface area contributed by atoms with Gasteiger partial charge in [-0.05, 0) is 136 Å². The first-order valence-corrected chi connectivity index (χ1v) is 37.0. The molecule has 0 saturated heterocycles. The zero-order valence-electron chi connectivity index (χ0n) is 66.2. The molecular weight excluding hydrogens is 1320 g/mol. The summed E-state index contributed by atoms with van der Waals surface area (Å²) in [5.74, 6) is -13.7. The SMILES string of the molecule is CC(C)=CCC(=O)C1(O)C(O)=C(C(=O)CC(C)C)C(=O)[C@H]1CCC(C)C.CC(C)=CCC(=O)C1(O)C(O)=C(C(=O)CCC(C)C)C(=O)[C@H]1CCC(C)C.CCC(=O)C1=C(O)C(O)(C(=O)CCC(C)C)[C@H](CC=C(C)C)C1=O.CCC(C)C(=O)C1=C(O)C(O)(C(=O)CC=C(C)C)[C@H](CCC(C)C)C1=O. The molecule has 103 heavy (non-hydrogen) atoms. The summed E-state index contributed by atoms with van der Waals surface area (Å²) in [6, 6.07) is 0. The van der Waals surface area contributed by atoms with Crippen molar-refractivity contribution in [3.63, 3.8) is 0 Å². The maximum atomic E-state index is 12.9. The Kier molecular flexibility index (Phi) is 37.5. The van der Waals surface area contributed by atoms with Crippen molar-refractivity contribution in [2.24, 2.45) is 65.1 Å². The summed E-state index contributed by atoms with van der Waals surface area (Å²) in [6.45, 7) is 43.0. The molecule has 4 rings (SSSR count). The van der Waals surface area contributed by atoms with Crippen LogP contribution >= 0.6 is 0 Å². The largest absolute Gasteiger partial charge is 0.508 e. The van der Waals surface area contributed by atoms with Crippen LogP contribution in [0.1, 0.15) is 268 Å². The van der Waals surface area contributed by atoms with E-state index < -0.39 is 150 Å². The Balaban J connectivity index is 0.000000687. The standard InChI is InChI=1S/C22H34O5.2C21H32O5.C19H28O5/c1-13(2)7-10-16-20(25)19(17(23)11-8-14(3)4)21(26)22(16,27)18(24)12-9-15(5)6;1-12(2)7-9-15-19(24)18(16(22)11-14(5)6)20(25)21(15,26)17(23)10-8-13(3)4;1-7-14(6)18(23)17-19(24)15(10-8-12(2)3)21(26,20(17)25)16(22)11-9-13(4)5;1-6-14(20)16-17(22)13(9-7-11(2)3)19(24,18(16)23)15(21)10-8-12(4)5/h9,13-14,16,26-27H,7-8,10-12H2,1-6H3;8,12,14-15,25-26H,7,9-11H2,1-6H3;9,12,14-15,25-26H,7-8,10-11H2,1-6H3;7,12-13,23-24H,6,8-10H2,1-5H3/t16-,22?;15-,21?;14?,15-,21?;13-,19?/m1111/s1. The van der Waals surface area contributed by atoms with Gasteiger partial charge < -0.3 is 40.9 Å². The lowest BCUT2D eigenvalue weighted by atomic mass is 9.79. The second-order valence-electron chi connectivity index (χ2n) is 32.0. The first-order chi connectivity index (χ1) is 47.4. The van der Waals surface area contributed by atoms with Crippen molar-refractivity contribution in [2.75, 3.05) is 0 Å². The van der Waals surface area contributed by atoms with Crippen molar-refractivity contribution in [1.29, 1.82) is 0 Å².